The molecule has 0 aliphatic carbocycles. The third-order valence-corrected chi connectivity index (χ3v) is 5.30. The van der Waals surface area contributed by atoms with Crippen molar-refractivity contribution < 1.29 is 4.79 Å². The molecule has 2 aliphatic heterocycles. The first-order valence-electron chi connectivity index (χ1n) is 7.38. The van der Waals surface area contributed by atoms with Crippen molar-refractivity contribution in [3.63, 3.8) is 0 Å². The summed E-state index contributed by atoms with van der Waals surface area (Å²) in [5.74, 6) is 0.995. The van der Waals surface area contributed by atoms with Crippen LogP contribution in [0.25, 0.3) is 0 Å². The number of carbonyl (C=O) groups excluding carboxylic acids is 1. The lowest BCUT2D eigenvalue weighted by Crippen LogP contribution is -2.57. The Balaban J connectivity index is 1.81. The van der Waals surface area contributed by atoms with E-state index in [0.717, 1.165) is 25.0 Å². The molecule has 0 aromatic carbocycles. The smallest absolute Gasteiger partial charge is 0.237 e. The molecule has 5 heteroatoms. The van der Waals surface area contributed by atoms with Gasteiger partial charge in [0, 0.05) is 18.1 Å². The van der Waals surface area contributed by atoms with Crippen molar-refractivity contribution in [1.29, 1.82) is 0 Å². The zero-order valence-corrected chi connectivity index (χ0v) is 12.9. The molecule has 0 aromatic heterocycles. The maximum absolute atomic E-state index is 12.1. The van der Waals surface area contributed by atoms with E-state index in [4.69, 9.17) is 5.73 Å². The highest BCUT2D eigenvalue weighted by Gasteiger charge is 2.36. The van der Waals surface area contributed by atoms with Crippen LogP contribution < -0.4 is 11.1 Å². The summed E-state index contributed by atoms with van der Waals surface area (Å²) in [6.45, 7) is 0. The molecule has 3 N–H and O–H groups in total. The molecule has 2 heterocycles. The van der Waals surface area contributed by atoms with Gasteiger partial charge in [0.15, 0.2) is 0 Å². The van der Waals surface area contributed by atoms with E-state index >= 15 is 0 Å². The van der Waals surface area contributed by atoms with Crippen LogP contribution in [0, 0.1) is 0 Å². The van der Waals surface area contributed by atoms with Gasteiger partial charge in [-0.3, -0.25) is 4.79 Å². The van der Waals surface area contributed by atoms with Crippen LogP contribution in [0.1, 0.15) is 38.5 Å². The highest BCUT2D eigenvalue weighted by Crippen LogP contribution is 2.32. The molecule has 2 fully saturated rings. The van der Waals surface area contributed by atoms with E-state index in [2.05, 4.69) is 17.3 Å². The standard InChI is InChI=1S/C14H27N3OS/c1-17-11-4-3-5-12(17)9-10(8-11)16-14(18)13(15)6-7-19-2/h10-13H,3-9,15H2,1-2H3,(H,16,18)/t10?,11?,12?,13-/m1/s1. The summed E-state index contributed by atoms with van der Waals surface area (Å²) >= 11 is 1.74. The molecule has 4 nitrogen and oxygen atoms in total. The van der Waals surface area contributed by atoms with E-state index in [0.29, 0.717) is 18.1 Å². The minimum atomic E-state index is -0.341. The molecule has 2 bridgehead atoms. The van der Waals surface area contributed by atoms with E-state index in [1.165, 1.54) is 19.3 Å². The first kappa shape index (κ1) is 15.1. The molecule has 0 spiro atoms. The van der Waals surface area contributed by atoms with Gasteiger partial charge in [-0.1, -0.05) is 6.42 Å². The van der Waals surface area contributed by atoms with Gasteiger partial charge >= 0.3 is 0 Å². The normalized spacial score (nSPS) is 32.9. The Hall–Kier alpha value is -0.260. The number of nitrogens with zero attached hydrogens (tertiary/aromatic N) is 1. The summed E-state index contributed by atoms with van der Waals surface area (Å²) in [7, 11) is 2.23. The summed E-state index contributed by atoms with van der Waals surface area (Å²) in [4.78, 5) is 14.6. The van der Waals surface area contributed by atoms with E-state index < -0.39 is 0 Å². The first-order valence-corrected chi connectivity index (χ1v) is 8.78. The summed E-state index contributed by atoms with van der Waals surface area (Å²) in [5.41, 5.74) is 5.93. The first-order chi connectivity index (χ1) is 9.11. The number of fused-ring (bicyclic) bond motifs is 2. The number of carbonyl (C=O) groups is 1. The van der Waals surface area contributed by atoms with Crippen LogP contribution in [0.15, 0.2) is 0 Å². The number of hydrogen-bond donors (Lipinski definition) is 2. The van der Waals surface area contributed by atoms with Gasteiger partial charge in [0.1, 0.15) is 0 Å². The number of nitrogens with two attached hydrogens (primary N) is 1. The fraction of sp³-hybridized carbons (Fsp3) is 0.929. The molecule has 2 unspecified atom stereocenters. The summed E-state index contributed by atoms with van der Waals surface area (Å²) < 4.78 is 0. The van der Waals surface area contributed by atoms with Crippen LogP contribution in [-0.2, 0) is 4.79 Å². The van der Waals surface area contributed by atoms with Crippen molar-refractivity contribution in [2.45, 2.75) is 62.7 Å². The van der Waals surface area contributed by atoms with Gasteiger partial charge < -0.3 is 16.0 Å². The van der Waals surface area contributed by atoms with Crippen LogP contribution in [0.5, 0.6) is 0 Å². The molecule has 2 aliphatic rings. The van der Waals surface area contributed by atoms with Crippen molar-refractivity contribution in [2.24, 2.45) is 5.73 Å². The Morgan fingerprint density at radius 2 is 2.05 bits per heavy atom. The second kappa shape index (κ2) is 6.95. The van der Waals surface area contributed by atoms with Crippen molar-refractivity contribution in [1.82, 2.24) is 10.2 Å². The Kier molecular flexibility index (Phi) is 5.54. The molecular formula is C14H27N3OS. The summed E-state index contributed by atoms with van der Waals surface area (Å²) in [6.07, 6.45) is 8.89. The Morgan fingerprint density at radius 3 is 2.63 bits per heavy atom. The fourth-order valence-electron chi connectivity index (χ4n) is 3.42. The van der Waals surface area contributed by atoms with Crippen molar-refractivity contribution in [2.75, 3.05) is 19.1 Å². The maximum Gasteiger partial charge on any atom is 0.237 e. The monoisotopic (exact) mass is 285 g/mol. The van der Waals surface area contributed by atoms with Gasteiger partial charge in [0.05, 0.1) is 6.04 Å². The third kappa shape index (κ3) is 3.86. The zero-order chi connectivity index (χ0) is 13.8. The van der Waals surface area contributed by atoms with Gasteiger partial charge in [-0.2, -0.15) is 11.8 Å². The minimum absolute atomic E-state index is 0.0432. The third-order valence-electron chi connectivity index (χ3n) is 4.66. The molecule has 2 rings (SSSR count). The number of piperidine rings is 2. The fourth-order valence-corrected chi connectivity index (χ4v) is 3.91. The van der Waals surface area contributed by atoms with Gasteiger partial charge in [0.25, 0.3) is 0 Å². The molecule has 0 radical (unpaired) electrons. The molecule has 2 saturated heterocycles. The average molecular weight is 285 g/mol. The van der Waals surface area contributed by atoms with Crippen LogP contribution >= 0.6 is 11.8 Å². The Morgan fingerprint density at radius 1 is 1.42 bits per heavy atom. The second-order valence-corrected chi connectivity index (χ2v) is 6.95. The lowest BCUT2D eigenvalue weighted by Gasteiger charge is -2.47. The lowest BCUT2D eigenvalue weighted by molar-refractivity contribution is -0.123. The molecule has 0 saturated carbocycles. The molecule has 19 heavy (non-hydrogen) atoms. The SMILES string of the molecule is CSCC[C@@H](N)C(=O)NC1CC2CCCC(C1)N2C. The number of thioether (sulfide) groups is 1. The lowest BCUT2D eigenvalue weighted by atomic mass is 9.82. The Bertz CT molecular complexity index is 299. The summed E-state index contributed by atoms with van der Waals surface area (Å²) in [6, 6.07) is 1.30. The number of hydrogen-bond acceptors (Lipinski definition) is 4. The van der Waals surface area contributed by atoms with E-state index in [9.17, 15) is 4.79 Å². The van der Waals surface area contributed by atoms with E-state index in [-0.39, 0.29) is 11.9 Å². The van der Waals surface area contributed by atoms with Crippen molar-refractivity contribution >= 4 is 17.7 Å². The van der Waals surface area contributed by atoms with Crippen LogP contribution in [0.4, 0.5) is 0 Å². The highest BCUT2D eigenvalue weighted by atomic mass is 32.2. The maximum atomic E-state index is 12.1. The predicted molar refractivity (Wildman–Crippen MR) is 81.3 cm³/mol. The van der Waals surface area contributed by atoms with Gasteiger partial charge in [0.2, 0.25) is 5.91 Å². The van der Waals surface area contributed by atoms with E-state index in [1.807, 2.05) is 6.26 Å². The minimum Gasteiger partial charge on any atom is -0.352 e. The van der Waals surface area contributed by atoms with Crippen LogP contribution in [-0.4, -0.2) is 54.0 Å². The number of amides is 1. The number of nitrogens with one attached hydrogen (secondary N) is 1. The largest absolute Gasteiger partial charge is 0.352 e. The average Bonchev–Trinajstić information content (AvgIpc) is 2.37. The van der Waals surface area contributed by atoms with Gasteiger partial charge in [-0.05, 0) is 51.2 Å². The topological polar surface area (TPSA) is 58.4 Å². The molecule has 0 aromatic rings. The van der Waals surface area contributed by atoms with Crippen LogP contribution in [0.3, 0.4) is 0 Å². The van der Waals surface area contributed by atoms with Crippen LogP contribution in [0.2, 0.25) is 0 Å². The molecule has 3 atom stereocenters. The second-order valence-electron chi connectivity index (χ2n) is 5.97. The quantitative estimate of drug-likeness (QED) is 0.797. The molecule has 1 amide bonds. The molecular weight excluding hydrogens is 258 g/mol. The predicted octanol–water partition coefficient (Wildman–Crippen LogP) is 1.20. The van der Waals surface area contributed by atoms with Gasteiger partial charge in [-0.15, -0.1) is 0 Å². The zero-order valence-electron chi connectivity index (χ0n) is 12.1. The van der Waals surface area contributed by atoms with Gasteiger partial charge in [-0.25, -0.2) is 0 Å². The van der Waals surface area contributed by atoms with Crippen molar-refractivity contribution in [3.8, 4) is 0 Å². The van der Waals surface area contributed by atoms with Crippen molar-refractivity contribution in [3.05, 3.63) is 0 Å². The Labute approximate surface area is 120 Å². The summed E-state index contributed by atoms with van der Waals surface area (Å²) in [5, 5.41) is 3.18. The molecule has 110 valence electrons. The highest BCUT2D eigenvalue weighted by molar-refractivity contribution is 7.98. The number of rotatable bonds is 5. The van der Waals surface area contributed by atoms with E-state index in [1.54, 1.807) is 11.8 Å².